The van der Waals surface area contributed by atoms with Crippen molar-refractivity contribution in [2.24, 2.45) is 0 Å². The third-order valence-electron chi connectivity index (χ3n) is 2.82. The van der Waals surface area contributed by atoms with E-state index in [1.54, 1.807) is 23.8 Å². The first-order valence-electron chi connectivity index (χ1n) is 6.69. The van der Waals surface area contributed by atoms with Gasteiger partial charge in [-0.1, -0.05) is 11.8 Å². The summed E-state index contributed by atoms with van der Waals surface area (Å²) in [7, 11) is 0. The second-order valence-corrected chi connectivity index (χ2v) is 5.29. The Labute approximate surface area is 130 Å². The van der Waals surface area contributed by atoms with Crippen molar-refractivity contribution in [1.82, 2.24) is 24.8 Å². The summed E-state index contributed by atoms with van der Waals surface area (Å²) in [5.74, 6) is 0.600. The fourth-order valence-corrected chi connectivity index (χ4v) is 2.52. The molecule has 0 radical (unpaired) electrons. The van der Waals surface area contributed by atoms with Crippen molar-refractivity contribution >= 4 is 23.4 Å². The number of carbonyl (C=O) groups excluding carboxylic acids is 1. The second-order valence-electron chi connectivity index (χ2n) is 4.29. The molecular formula is C14H13N5O2S. The first kappa shape index (κ1) is 14.5. The molecule has 3 rings (SSSR count). The second kappa shape index (κ2) is 6.52. The van der Waals surface area contributed by atoms with Crippen LogP contribution < -0.4 is 0 Å². The molecule has 0 spiro atoms. The van der Waals surface area contributed by atoms with Crippen LogP contribution >= 0.6 is 11.8 Å². The molecule has 0 aliphatic rings. The van der Waals surface area contributed by atoms with Gasteiger partial charge in [0.05, 0.1) is 12.4 Å². The van der Waals surface area contributed by atoms with E-state index in [0.29, 0.717) is 23.1 Å². The van der Waals surface area contributed by atoms with E-state index < -0.39 is 0 Å². The predicted octanol–water partition coefficient (Wildman–Crippen LogP) is 1.84. The zero-order valence-corrected chi connectivity index (χ0v) is 12.7. The third-order valence-corrected chi connectivity index (χ3v) is 3.71. The normalized spacial score (nSPS) is 10.8. The number of hydrogen-bond acceptors (Lipinski definition) is 7. The smallest absolute Gasteiger partial charge is 0.316 e. The van der Waals surface area contributed by atoms with Crippen LogP contribution in [0, 0.1) is 0 Å². The third kappa shape index (κ3) is 3.06. The van der Waals surface area contributed by atoms with Crippen LogP contribution in [0.25, 0.3) is 17.0 Å². The number of fused-ring (bicyclic) bond motifs is 1. The van der Waals surface area contributed by atoms with Crippen molar-refractivity contribution in [1.29, 1.82) is 0 Å². The minimum Gasteiger partial charge on any atom is -0.465 e. The van der Waals surface area contributed by atoms with Crippen LogP contribution in [0.5, 0.6) is 0 Å². The van der Waals surface area contributed by atoms with Crippen molar-refractivity contribution in [3.63, 3.8) is 0 Å². The Morgan fingerprint density at radius 2 is 2.05 bits per heavy atom. The fourth-order valence-electron chi connectivity index (χ4n) is 1.87. The summed E-state index contributed by atoms with van der Waals surface area (Å²) in [5, 5.41) is 13.4. The quantitative estimate of drug-likeness (QED) is 0.525. The molecule has 0 aromatic carbocycles. The van der Waals surface area contributed by atoms with E-state index in [4.69, 9.17) is 4.74 Å². The molecule has 3 heterocycles. The van der Waals surface area contributed by atoms with Gasteiger partial charge in [-0.3, -0.25) is 9.78 Å². The van der Waals surface area contributed by atoms with Crippen LogP contribution in [0.15, 0.2) is 41.7 Å². The molecule has 0 unspecified atom stereocenters. The molecule has 0 amide bonds. The number of nitrogens with zero attached hydrogens (tertiary/aromatic N) is 5. The van der Waals surface area contributed by atoms with Crippen LogP contribution in [-0.2, 0) is 9.53 Å². The van der Waals surface area contributed by atoms with Gasteiger partial charge < -0.3 is 4.74 Å². The molecule has 0 bridgehead atoms. The van der Waals surface area contributed by atoms with Gasteiger partial charge in [-0.05, 0) is 31.2 Å². The molecule has 0 aliphatic carbocycles. The zero-order valence-electron chi connectivity index (χ0n) is 11.8. The van der Waals surface area contributed by atoms with Gasteiger partial charge in [-0.15, -0.1) is 10.2 Å². The average Bonchev–Trinajstić information content (AvgIpc) is 2.97. The average molecular weight is 315 g/mol. The van der Waals surface area contributed by atoms with Gasteiger partial charge in [-0.2, -0.15) is 9.61 Å². The minimum atomic E-state index is -0.257. The first-order chi connectivity index (χ1) is 10.8. The molecule has 3 aromatic heterocycles. The number of ether oxygens (including phenoxy) is 1. The fraction of sp³-hybridized carbons (Fsp3) is 0.214. The standard InChI is InChI=1S/C14H13N5O2S/c1-2-21-13(20)9-22-12-4-3-11-16-17-14(19(11)18-12)10-5-7-15-8-6-10/h3-8H,2,9H2,1H3. The molecule has 22 heavy (non-hydrogen) atoms. The number of thioether (sulfide) groups is 1. The summed E-state index contributed by atoms with van der Waals surface area (Å²) in [6.07, 6.45) is 3.38. The lowest BCUT2D eigenvalue weighted by Crippen LogP contribution is -2.07. The van der Waals surface area contributed by atoms with E-state index in [-0.39, 0.29) is 11.7 Å². The van der Waals surface area contributed by atoms with Crippen molar-refractivity contribution in [3.8, 4) is 11.4 Å². The van der Waals surface area contributed by atoms with Crippen molar-refractivity contribution in [3.05, 3.63) is 36.7 Å². The SMILES string of the molecule is CCOC(=O)CSc1ccc2nnc(-c3ccncc3)n2n1. The largest absolute Gasteiger partial charge is 0.465 e. The molecule has 8 heteroatoms. The van der Waals surface area contributed by atoms with Gasteiger partial charge in [0.15, 0.2) is 11.5 Å². The monoisotopic (exact) mass is 315 g/mol. The Hall–Kier alpha value is -2.48. The predicted molar refractivity (Wildman–Crippen MR) is 81.4 cm³/mol. The Morgan fingerprint density at radius 1 is 1.23 bits per heavy atom. The summed E-state index contributed by atoms with van der Waals surface area (Å²) in [4.78, 5) is 15.4. The van der Waals surface area contributed by atoms with Crippen molar-refractivity contribution in [2.45, 2.75) is 11.9 Å². The molecule has 0 aliphatic heterocycles. The van der Waals surface area contributed by atoms with Gasteiger partial charge >= 0.3 is 5.97 Å². The lowest BCUT2D eigenvalue weighted by Gasteiger charge is -2.03. The van der Waals surface area contributed by atoms with Crippen LogP contribution in [0.3, 0.4) is 0 Å². The molecule has 7 nitrogen and oxygen atoms in total. The molecule has 3 aromatic rings. The highest BCUT2D eigenvalue weighted by atomic mass is 32.2. The number of esters is 1. The maximum absolute atomic E-state index is 11.4. The topological polar surface area (TPSA) is 82.3 Å². The van der Waals surface area contributed by atoms with Crippen LogP contribution in [-0.4, -0.2) is 43.1 Å². The van der Waals surface area contributed by atoms with E-state index in [1.807, 2.05) is 24.3 Å². The van der Waals surface area contributed by atoms with Gasteiger partial charge in [0.25, 0.3) is 0 Å². The number of carbonyl (C=O) groups is 1. The maximum Gasteiger partial charge on any atom is 0.316 e. The van der Waals surface area contributed by atoms with Gasteiger partial charge in [0, 0.05) is 18.0 Å². The van der Waals surface area contributed by atoms with Gasteiger partial charge in [0.1, 0.15) is 5.03 Å². The summed E-state index contributed by atoms with van der Waals surface area (Å²) in [6, 6.07) is 7.32. The van der Waals surface area contributed by atoms with Crippen LogP contribution in [0.2, 0.25) is 0 Å². The maximum atomic E-state index is 11.4. The summed E-state index contributed by atoms with van der Waals surface area (Å²) in [5.41, 5.74) is 1.52. The summed E-state index contributed by atoms with van der Waals surface area (Å²) >= 11 is 1.32. The summed E-state index contributed by atoms with van der Waals surface area (Å²) in [6.45, 7) is 2.16. The minimum absolute atomic E-state index is 0.221. The molecule has 0 N–H and O–H groups in total. The molecule has 112 valence electrons. The van der Waals surface area contributed by atoms with E-state index in [9.17, 15) is 4.79 Å². The molecule has 0 saturated heterocycles. The van der Waals surface area contributed by atoms with E-state index in [2.05, 4.69) is 20.3 Å². The lowest BCUT2D eigenvalue weighted by molar-refractivity contribution is -0.139. The molecule has 0 atom stereocenters. The number of aromatic nitrogens is 5. The van der Waals surface area contributed by atoms with Crippen LogP contribution in [0.4, 0.5) is 0 Å². The van der Waals surface area contributed by atoms with Gasteiger partial charge in [-0.25, -0.2) is 0 Å². The Bertz CT molecular complexity index is 790. The first-order valence-corrected chi connectivity index (χ1v) is 7.68. The molecular weight excluding hydrogens is 302 g/mol. The van der Waals surface area contributed by atoms with Gasteiger partial charge in [0.2, 0.25) is 0 Å². The Kier molecular flexibility index (Phi) is 4.29. The highest BCUT2D eigenvalue weighted by Gasteiger charge is 2.11. The highest BCUT2D eigenvalue weighted by Crippen LogP contribution is 2.20. The Balaban J connectivity index is 1.87. The zero-order chi connectivity index (χ0) is 15.4. The van der Waals surface area contributed by atoms with Crippen molar-refractivity contribution < 1.29 is 9.53 Å². The number of hydrogen-bond donors (Lipinski definition) is 0. The highest BCUT2D eigenvalue weighted by molar-refractivity contribution is 7.99. The molecule has 0 saturated carbocycles. The number of pyridine rings is 1. The lowest BCUT2D eigenvalue weighted by atomic mass is 10.2. The number of rotatable bonds is 5. The van der Waals surface area contributed by atoms with E-state index in [0.717, 1.165) is 5.56 Å². The van der Waals surface area contributed by atoms with E-state index >= 15 is 0 Å². The molecule has 0 fully saturated rings. The van der Waals surface area contributed by atoms with Crippen LogP contribution in [0.1, 0.15) is 6.92 Å². The van der Waals surface area contributed by atoms with E-state index in [1.165, 1.54) is 11.8 Å². The summed E-state index contributed by atoms with van der Waals surface area (Å²) < 4.78 is 6.56. The van der Waals surface area contributed by atoms with Crippen molar-refractivity contribution in [2.75, 3.05) is 12.4 Å². The Morgan fingerprint density at radius 3 is 2.82 bits per heavy atom.